The number of aromatic nitrogens is 2. The van der Waals surface area contributed by atoms with E-state index in [1.54, 1.807) is 13.2 Å². The van der Waals surface area contributed by atoms with Crippen LogP contribution in [0.15, 0.2) is 66.2 Å². The van der Waals surface area contributed by atoms with Gasteiger partial charge in [-0.25, -0.2) is 4.98 Å². The summed E-state index contributed by atoms with van der Waals surface area (Å²) in [4.78, 5) is 8.37. The van der Waals surface area contributed by atoms with Crippen LogP contribution in [0.4, 0.5) is 0 Å². The maximum atomic E-state index is 5.43. The highest BCUT2D eigenvalue weighted by Crippen LogP contribution is 2.32. The van der Waals surface area contributed by atoms with E-state index < -0.39 is 0 Å². The molecule has 0 amide bonds. The number of nitrogens with one attached hydrogen (secondary N) is 2. The number of fused-ring (bicyclic) bond motifs is 1. The summed E-state index contributed by atoms with van der Waals surface area (Å²) in [6.07, 6.45) is 6.47. The highest BCUT2D eigenvalue weighted by atomic mass is 127. The van der Waals surface area contributed by atoms with Gasteiger partial charge in [0.1, 0.15) is 0 Å². The lowest BCUT2D eigenvalue weighted by molar-refractivity contribution is 0.174. The molecule has 0 atom stereocenters. The van der Waals surface area contributed by atoms with Crippen LogP contribution in [0.2, 0.25) is 0 Å². The fourth-order valence-corrected chi connectivity index (χ4v) is 3.18. The van der Waals surface area contributed by atoms with Gasteiger partial charge in [-0.1, -0.05) is 30.3 Å². The number of guanidine groups is 1. The second kappa shape index (κ2) is 10.9. The molecule has 3 aromatic rings. The third-order valence-corrected chi connectivity index (χ3v) is 4.77. The molecule has 0 bridgehead atoms. The molecule has 0 saturated carbocycles. The molecule has 1 aliphatic rings. The molecule has 158 valence electrons. The number of hydrogen-bond donors (Lipinski definition) is 2. The van der Waals surface area contributed by atoms with E-state index in [2.05, 4.69) is 55.5 Å². The molecular weight excluding hydrogens is 493 g/mol. The Morgan fingerprint density at radius 2 is 1.80 bits per heavy atom. The molecule has 4 rings (SSSR count). The molecule has 2 heterocycles. The maximum Gasteiger partial charge on any atom is 0.231 e. The van der Waals surface area contributed by atoms with Gasteiger partial charge in [0.05, 0.1) is 6.33 Å². The van der Waals surface area contributed by atoms with Crippen LogP contribution in [-0.4, -0.2) is 35.9 Å². The highest BCUT2D eigenvalue weighted by Gasteiger charge is 2.12. The molecule has 30 heavy (non-hydrogen) atoms. The van der Waals surface area contributed by atoms with Crippen molar-refractivity contribution < 1.29 is 9.47 Å². The Bertz CT molecular complexity index is 958. The number of benzene rings is 2. The average molecular weight is 519 g/mol. The molecule has 1 aromatic heterocycles. The predicted octanol–water partition coefficient (Wildman–Crippen LogP) is 3.19. The SMILES string of the molecule is CN=C(NCCc1ccc2c(c1)OCO2)NCc1ccc(Cn2ccnc2)cc1.I. The number of imidazole rings is 1. The summed E-state index contributed by atoms with van der Waals surface area (Å²) in [6.45, 7) is 2.63. The lowest BCUT2D eigenvalue weighted by atomic mass is 10.1. The van der Waals surface area contributed by atoms with Crippen molar-refractivity contribution in [2.24, 2.45) is 4.99 Å². The van der Waals surface area contributed by atoms with Crippen LogP contribution < -0.4 is 20.1 Å². The van der Waals surface area contributed by atoms with Gasteiger partial charge in [-0.3, -0.25) is 4.99 Å². The number of aliphatic imine (C=N–C) groups is 1. The van der Waals surface area contributed by atoms with Gasteiger partial charge in [-0.15, -0.1) is 24.0 Å². The Hall–Kier alpha value is -2.75. The van der Waals surface area contributed by atoms with Gasteiger partial charge in [0.15, 0.2) is 17.5 Å². The van der Waals surface area contributed by atoms with E-state index in [0.717, 1.165) is 43.5 Å². The normalized spacial score (nSPS) is 12.4. The van der Waals surface area contributed by atoms with E-state index in [9.17, 15) is 0 Å². The van der Waals surface area contributed by atoms with Crippen LogP contribution in [0.3, 0.4) is 0 Å². The number of halogens is 1. The van der Waals surface area contributed by atoms with Crippen LogP contribution in [0, 0.1) is 0 Å². The van der Waals surface area contributed by atoms with Gasteiger partial charge in [-0.05, 0) is 35.2 Å². The Morgan fingerprint density at radius 3 is 2.57 bits per heavy atom. The minimum absolute atomic E-state index is 0. The third-order valence-electron chi connectivity index (χ3n) is 4.77. The van der Waals surface area contributed by atoms with Gasteiger partial charge in [0, 0.05) is 39.1 Å². The Kier molecular flexibility index (Phi) is 7.95. The first-order chi connectivity index (χ1) is 14.3. The molecule has 0 aliphatic carbocycles. The first-order valence-electron chi connectivity index (χ1n) is 9.67. The zero-order valence-corrected chi connectivity index (χ0v) is 19.2. The summed E-state index contributed by atoms with van der Waals surface area (Å²) >= 11 is 0. The molecule has 2 N–H and O–H groups in total. The van der Waals surface area contributed by atoms with Crippen molar-refractivity contribution >= 4 is 29.9 Å². The zero-order chi connectivity index (χ0) is 19.9. The van der Waals surface area contributed by atoms with Crippen molar-refractivity contribution in [3.63, 3.8) is 0 Å². The van der Waals surface area contributed by atoms with Gasteiger partial charge < -0.3 is 24.7 Å². The van der Waals surface area contributed by atoms with E-state index in [1.165, 1.54) is 16.7 Å². The van der Waals surface area contributed by atoms with Crippen molar-refractivity contribution in [1.82, 2.24) is 20.2 Å². The fourth-order valence-electron chi connectivity index (χ4n) is 3.18. The number of ether oxygens (including phenoxy) is 2. The summed E-state index contributed by atoms with van der Waals surface area (Å²) in [5, 5.41) is 6.71. The lowest BCUT2D eigenvalue weighted by Crippen LogP contribution is -2.37. The first-order valence-corrected chi connectivity index (χ1v) is 9.67. The number of hydrogen-bond acceptors (Lipinski definition) is 4. The van der Waals surface area contributed by atoms with Crippen molar-refractivity contribution in [1.29, 1.82) is 0 Å². The van der Waals surface area contributed by atoms with E-state index in [-0.39, 0.29) is 24.0 Å². The van der Waals surface area contributed by atoms with Crippen molar-refractivity contribution in [3.8, 4) is 11.5 Å². The van der Waals surface area contributed by atoms with E-state index in [4.69, 9.17) is 9.47 Å². The lowest BCUT2D eigenvalue weighted by Gasteiger charge is -2.12. The van der Waals surface area contributed by atoms with E-state index in [1.807, 2.05) is 24.7 Å². The second-order valence-electron chi connectivity index (χ2n) is 6.84. The van der Waals surface area contributed by atoms with Crippen molar-refractivity contribution in [2.75, 3.05) is 20.4 Å². The van der Waals surface area contributed by atoms with Crippen LogP contribution in [-0.2, 0) is 19.5 Å². The minimum Gasteiger partial charge on any atom is -0.454 e. The second-order valence-corrected chi connectivity index (χ2v) is 6.84. The van der Waals surface area contributed by atoms with Crippen molar-refractivity contribution in [3.05, 3.63) is 77.9 Å². The molecule has 8 heteroatoms. The standard InChI is InChI=1S/C22H25N5O2.HI/c1-23-22(25-9-8-17-6-7-20-21(12-17)29-16-28-20)26-13-18-2-4-19(5-3-18)14-27-11-10-24-15-27;/h2-7,10-12,15H,8-9,13-14,16H2,1H3,(H2,23,25,26);1H. The highest BCUT2D eigenvalue weighted by molar-refractivity contribution is 14.0. The Morgan fingerprint density at radius 1 is 1.03 bits per heavy atom. The molecule has 7 nitrogen and oxygen atoms in total. The summed E-state index contributed by atoms with van der Waals surface area (Å²) in [6, 6.07) is 14.6. The van der Waals surface area contributed by atoms with Crippen LogP contribution >= 0.6 is 24.0 Å². The zero-order valence-electron chi connectivity index (χ0n) is 16.9. The maximum absolute atomic E-state index is 5.43. The summed E-state index contributed by atoms with van der Waals surface area (Å²) < 4.78 is 12.8. The van der Waals surface area contributed by atoms with E-state index in [0.29, 0.717) is 6.79 Å². The molecule has 0 radical (unpaired) electrons. The molecule has 1 aliphatic heterocycles. The van der Waals surface area contributed by atoms with E-state index >= 15 is 0 Å². The topological polar surface area (TPSA) is 72.7 Å². The monoisotopic (exact) mass is 519 g/mol. The molecule has 0 unspecified atom stereocenters. The summed E-state index contributed by atoms with van der Waals surface area (Å²) in [5.74, 6) is 2.42. The van der Waals surface area contributed by atoms with Gasteiger partial charge >= 0.3 is 0 Å². The van der Waals surface area contributed by atoms with Gasteiger partial charge in [-0.2, -0.15) is 0 Å². The van der Waals surface area contributed by atoms with Crippen LogP contribution in [0.25, 0.3) is 0 Å². The first kappa shape index (κ1) is 21.9. The van der Waals surface area contributed by atoms with Crippen LogP contribution in [0.5, 0.6) is 11.5 Å². The predicted molar refractivity (Wildman–Crippen MR) is 128 cm³/mol. The molecule has 2 aromatic carbocycles. The van der Waals surface area contributed by atoms with Gasteiger partial charge in [0.2, 0.25) is 6.79 Å². The quantitative estimate of drug-likeness (QED) is 0.285. The van der Waals surface area contributed by atoms with Gasteiger partial charge in [0.25, 0.3) is 0 Å². The van der Waals surface area contributed by atoms with Crippen LogP contribution in [0.1, 0.15) is 16.7 Å². The summed E-state index contributed by atoms with van der Waals surface area (Å²) in [5.41, 5.74) is 3.65. The Labute approximate surface area is 193 Å². The molecule has 0 saturated heterocycles. The molecule has 0 fully saturated rings. The average Bonchev–Trinajstić information content (AvgIpc) is 3.43. The molecule has 0 spiro atoms. The molecular formula is C22H26IN5O2. The largest absolute Gasteiger partial charge is 0.454 e. The fraction of sp³-hybridized carbons (Fsp3) is 0.273. The number of rotatable bonds is 7. The Balaban J connectivity index is 0.00000256. The van der Waals surface area contributed by atoms with Crippen molar-refractivity contribution in [2.45, 2.75) is 19.5 Å². The summed E-state index contributed by atoms with van der Waals surface area (Å²) in [7, 11) is 1.78. The third kappa shape index (κ3) is 5.88. The number of nitrogens with zero attached hydrogens (tertiary/aromatic N) is 3. The smallest absolute Gasteiger partial charge is 0.231 e. The minimum atomic E-state index is 0.